The zero-order valence-electron chi connectivity index (χ0n) is 11.8. The third-order valence-corrected chi connectivity index (χ3v) is 4.18. The monoisotopic (exact) mass is 237 g/mol. The van der Waals surface area contributed by atoms with Gasteiger partial charge in [0.2, 0.25) is 0 Å². The lowest BCUT2D eigenvalue weighted by Gasteiger charge is -2.43. The first-order valence-corrected chi connectivity index (χ1v) is 7.54. The van der Waals surface area contributed by atoms with Crippen molar-refractivity contribution in [1.82, 2.24) is 4.81 Å². The van der Waals surface area contributed by atoms with Crippen LogP contribution in [-0.4, -0.2) is 31.1 Å². The molecule has 98 valence electrons. The molecule has 2 rings (SSSR count). The highest BCUT2D eigenvalue weighted by Gasteiger charge is 2.36. The van der Waals surface area contributed by atoms with Gasteiger partial charge in [0, 0.05) is 12.6 Å². The predicted molar refractivity (Wildman–Crippen MR) is 74.1 cm³/mol. The van der Waals surface area contributed by atoms with Crippen LogP contribution in [0.25, 0.3) is 0 Å². The van der Waals surface area contributed by atoms with E-state index in [-0.39, 0.29) is 0 Å². The van der Waals surface area contributed by atoms with E-state index in [1.54, 1.807) is 0 Å². The van der Waals surface area contributed by atoms with Gasteiger partial charge in [-0.25, -0.2) is 0 Å². The van der Waals surface area contributed by atoms with E-state index in [9.17, 15) is 0 Å². The van der Waals surface area contributed by atoms with Crippen molar-refractivity contribution >= 4 is 7.05 Å². The van der Waals surface area contributed by atoms with Crippen molar-refractivity contribution < 1.29 is 4.65 Å². The Labute approximate surface area is 107 Å². The third-order valence-electron chi connectivity index (χ3n) is 4.18. The largest absolute Gasteiger partial charge is 0.421 e. The molecule has 2 fully saturated rings. The van der Waals surface area contributed by atoms with Gasteiger partial charge in [-0.2, -0.15) is 0 Å². The van der Waals surface area contributed by atoms with Crippen molar-refractivity contribution in [3.8, 4) is 0 Å². The molecule has 1 aliphatic heterocycles. The SMILES string of the molecule is CC(C)CB1OCC(C)CN1C1CCCCC1. The minimum Gasteiger partial charge on any atom is -0.421 e. The van der Waals surface area contributed by atoms with Crippen molar-refractivity contribution in [3.05, 3.63) is 0 Å². The number of nitrogens with zero attached hydrogens (tertiary/aromatic N) is 1. The lowest BCUT2D eigenvalue weighted by Crippen LogP contribution is -2.55. The van der Waals surface area contributed by atoms with E-state index in [4.69, 9.17) is 4.65 Å². The summed E-state index contributed by atoms with van der Waals surface area (Å²) in [7, 11) is 0.397. The van der Waals surface area contributed by atoms with Crippen LogP contribution in [0.5, 0.6) is 0 Å². The molecule has 1 saturated carbocycles. The van der Waals surface area contributed by atoms with Crippen LogP contribution in [0.15, 0.2) is 0 Å². The standard InChI is InChI=1S/C14H28BNO/c1-12(2)9-15-16(10-13(3)11-17-15)14-7-5-4-6-8-14/h12-14H,4-11H2,1-3H3. The third kappa shape index (κ3) is 3.72. The summed E-state index contributed by atoms with van der Waals surface area (Å²) in [6.45, 7) is 9.14. The van der Waals surface area contributed by atoms with E-state index >= 15 is 0 Å². The van der Waals surface area contributed by atoms with Gasteiger partial charge in [0.25, 0.3) is 0 Å². The van der Waals surface area contributed by atoms with E-state index in [2.05, 4.69) is 25.6 Å². The molecule has 1 aliphatic carbocycles. The summed E-state index contributed by atoms with van der Waals surface area (Å²) < 4.78 is 6.09. The van der Waals surface area contributed by atoms with Gasteiger partial charge in [-0.05, 0) is 37.5 Å². The van der Waals surface area contributed by atoms with Gasteiger partial charge in [-0.3, -0.25) is 0 Å². The van der Waals surface area contributed by atoms with Gasteiger partial charge < -0.3 is 9.47 Å². The van der Waals surface area contributed by atoms with Crippen molar-refractivity contribution in [2.24, 2.45) is 11.8 Å². The van der Waals surface area contributed by atoms with Crippen molar-refractivity contribution in [2.45, 2.75) is 65.2 Å². The van der Waals surface area contributed by atoms with E-state index in [0.29, 0.717) is 13.0 Å². The summed E-state index contributed by atoms with van der Waals surface area (Å²) in [5.41, 5.74) is 0. The fourth-order valence-electron chi connectivity index (χ4n) is 3.30. The Morgan fingerprint density at radius 3 is 2.59 bits per heavy atom. The molecule has 0 aromatic carbocycles. The fraction of sp³-hybridized carbons (Fsp3) is 1.00. The van der Waals surface area contributed by atoms with Gasteiger partial charge in [-0.1, -0.05) is 40.0 Å². The first-order chi connectivity index (χ1) is 8.16. The highest BCUT2D eigenvalue weighted by molar-refractivity contribution is 6.49. The van der Waals surface area contributed by atoms with Gasteiger partial charge in [0.15, 0.2) is 0 Å². The molecule has 1 heterocycles. The quantitative estimate of drug-likeness (QED) is 0.697. The Hall–Kier alpha value is -0.0151. The Kier molecular flexibility index (Phi) is 4.92. The van der Waals surface area contributed by atoms with E-state index in [0.717, 1.165) is 18.6 Å². The lowest BCUT2D eigenvalue weighted by atomic mass is 9.67. The molecule has 0 aromatic rings. The molecule has 0 aromatic heterocycles. The molecule has 1 atom stereocenters. The van der Waals surface area contributed by atoms with Gasteiger partial charge in [0.1, 0.15) is 0 Å². The minimum absolute atomic E-state index is 0.397. The van der Waals surface area contributed by atoms with Crippen LogP contribution in [0.2, 0.25) is 6.32 Å². The summed E-state index contributed by atoms with van der Waals surface area (Å²) in [4.78, 5) is 2.69. The molecule has 0 radical (unpaired) electrons. The van der Waals surface area contributed by atoms with E-state index in [1.165, 1.54) is 45.0 Å². The second-order valence-electron chi connectivity index (χ2n) is 6.51. The Morgan fingerprint density at radius 2 is 1.94 bits per heavy atom. The summed E-state index contributed by atoms with van der Waals surface area (Å²) in [5, 5.41) is 0. The molecular weight excluding hydrogens is 209 g/mol. The molecule has 2 aliphatic rings. The molecule has 3 heteroatoms. The first-order valence-electron chi connectivity index (χ1n) is 7.54. The second kappa shape index (κ2) is 6.24. The van der Waals surface area contributed by atoms with Gasteiger partial charge >= 0.3 is 7.05 Å². The van der Waals surface area contributed by atoms with E-state index in [1.807, 2.05) is 0 Å². The highest BCUT2D eigenvalue weighted by Crippen LogP contribution is 2.28. The second-order valence-corrected chi connectivity index (χ2v) is 6.51. The smallest absolute Gasteiger partial charge is 0.382 e. The number of rotatable bonds is 3. The highest BCUT2D eigenvalue weighted by atomic mass is 16.4. The maximum absolute atomic E-state index is 6.09. The lowest BCUT2D eigenvalue weighted by molar-refractivity contribution is 0.108. The number of hydrogen-bond donors (Lipinski definition) is 0. The van der Waals surface area contributed by atoms with Crippen LogP contribution in [0.4, 0.5) is 0 Å². The molecular formula is C14H28BNO. The molecule has 1 saturated heterocycles. The molecule has 0 N–H and O–H groups in total. The van der Waals surface area contributed by atoms with Crippen LogP contribution in [0.1, 0.15) is 52.9 Å². The zero-order valence-corrected chi connectivity index (χ0v) is 11.8. The van der Waals surface area contributed by atoms with Crippen molar-refractivity contribution in [1.29, 1.82) is 0 Å². The minimum atomic E-state index is 0.397. The van der Waals surface area contributed by atoms with Crippen LogP contribution in [-0.2, 0) is 4.65 Å². The molecule has 0 amide bonds. The molecule has 17 heavy (non-hydrogen) atoms. The normalized spacial score (nSPS) is 28.9. The van der Waals surface area contributed by atoms with Gasteiger partial charge in [0.05, 0.1) is 0 Å². The fourth-order valence-corrected chi connectivity index (χ4v) is 3.30. The van der Waals surface area contributed by atoms with Crippen molar-refractivity contribution in [2.75, 3.05) is 13.2 Å². The maximum Gasteiger partial charge on any atom is 0.382 e. The summed E-state index contributed by atoms with van der Waals surface area (Å²) in [6.07, 6.45) is 8.27. The van der Waals surface area contributed by atoms with Crippen LogP contribution >= 0.6 is 0 Å². The van der Waals surface area contributed by atoms with E-state index < -0.39 is 0 Å². The summed E-state index contributed by atoms with van der Waals surface area (Å²) in [5.74, 6) is 1.44. The Morgan fingerprint density at radius 1 is 1.24 bits per heavy atom. The van der Waals surface area contributed by atoms with Gasteiger partial charge in [-0.15, -0.1) is 0 Å². The topological polar surface area (TPSA) is 12.5 Å². The van der Waals surface area contributed by atoms with Crippen molar-refractivity contribution in [3.63, 3.8) is 0 Å². The average Bonchev–Trinajstić information content (AvgIpc) is 2.32. The average molecular weight is 237 g/mol. The first kappa shape index (κ1) is 13.4. The summed E-state index contributed by atoms with van der Waals surface area (Å²) in [6, 6.07) is 0.801. The van der Waals surface area contributed by atoms with Crippen LogP contribution in [0.3, 0.4) is 0 Å². The molecule has 0 spiro atoms. The van der Waals surface area contributed by atoms with Crippen LogP contribution in [0, 0.1) is 11.8 Å². The summed E-state index contributed by atoms with van der Waals surface area (Å²) >= 11 is 0. The number of hydrogen-bond acceptors (Lipinski definition) is 2. The molecule has 1 unspecified atom stereocenters. The predicted octanol–water partition coefficient (Wildman–Crippen LogP) is 3.43. The molecule has 2 nitrogen and oxygen atoms in total. The molecule has 0 bridgehead atoms. The Balaban J connectivity index is 1.96. The maximum atomic E-state index is 6.09. The van der Waals surface area contributed by atoms with Crippen LogP contribution < -0.4 is 0 Å². The Bertz CT molecular complexity index is 228. The zero-order chi connectivity index (χ0) is 12.3.